The van der Waals surface area contributed by atoms with Crippen LogP contribution in [0.5, 0.6) is 0 Å². The van der Waals surface area contributed by atoms with Gasteiger partial charge in [-0.15, -0.1) is 0 Å². The number of hydrogen-bond donors (Lipinski definition) is 1. The zero-order chi connectivity index (χ0) is 23.3. The lowest BCUT2D eigenvalue weighted by atomic mass is 9.81. The number of carbonyl (C=O) groups excluding carboxylic acids is 4. The van der Waals surface area contributed by atoms with Crippen LogP contribution in [-0.4, -0.2) is 30.3 Å². The average Bonchev–Trinajstić information content (AvgIpc) is 3.48. The van der Waals surface area contributed by atoms with Crippen LogP contribution in [0.4, 0.5) is 11.4 Å². The first-order valence-electron chi connectivity index (χ1n) is 10.7. The van der Waals surface area contributed by atoms with Crippen molar-refractivity contribution >= 4 is 58.3 Å². The zero-order valence-electron chi connectivity index (χ0n) is 17.4. The molecule has 170 valence electrons. The lowest BCUT2D eigenvalue weighted by molar-refractivity contribution is -0.123. The zero-order valence-corrected chi connectivity index (χ0v) is 18.9. The molecule has 5 rings (SSSR count). The normalized spacial score (nSPS) is 25.3. The van der Waals surface area contributed by atoms with Crippen LogP contribution in [0.3, 0.4) is 0 Å². The van der Waals surface area contributed by atoms with Crippen LogP contribution >= 0.6 is 23.2 Å². The fourth-order valence-electron chi connectivity index (χ4n) is 5.43. The second-order valence-electron chi connectivity index (χ2n) is 8.70. The number of nitrogens with zero attached hydrogens (tertiary/aromatic N) is 1. The number of anilines is 2. The van der Waals surface area contributed by atoms with Gasteiger partial charge in [-0.1, -0.05) is 29.3 Å². The minimum absolute atomic E-state index is 0.140. The Morgan fingerprint density at radius 1 is 1.00 bits per heavy atom. The molecule has 1 aliphatic heterocycles. The molecule has 33 heavy (non-hydrogen) atoms. The molecule has 2 saturated carbocycles. The van der Waals surface area contributed by atoms with Crippen LogP contribution < -0.4 is 10.2 Å². The van der Waals surface area contributed by atoms with E-state index in [0.29, 0.717) is 21.4 Å². The van der Waals surface area contributed by atoms with Gasteiger partial charge in [0.1, 0.15) is 0 Å². The lowest BCUT2D eigenvalue weighted by Gasteiger charge is -2.19. The summed E-state index contributed by atoms with van der Waals surface area (Å²) in [7, 11) is 0. The largest absolute Gasteiger partial charge is 0.452 e. The number of carbonyl (C=O) groups is 4. The Hall–Kier alpha value is -2.90. The van der Waals surface area contributed by atoms with Crippen LogP contribution in [0.15, 0.2) is 42.5 Å². The Kier molecular flexibility index (Phi) is 5.62. The monoisotopic (exact) mass is 486 g/mol. The Labute approximate surface area is 200 Å². The van der Waals surface area contributed by atoms with Gasteiger partial charge >= 0.3 is 5.97 Å². The maximum atomic E-state index is 13.0. The molecular formula is C24H20Cl2N2O5. The van der Waals surface area contributed by atoms with Gasteiger partial charge in [0.15, 0.2) is 6.61 Å². The third-order valence-electron chi connectivity index (χ3n) is 6.80. The van der Waals surface area contributed by atoms with Crippen molar-refractivity contribution < 1.29 is 23.9 Å². The summed E-state index contributed by atoms with van der Waals surface area (Å²) in [5.41, 5.74) is 0.794. The van der Waals surface area contributed by atoms with Crippen molar-refractivity contribution in [3.05, 3.63) is 58.1 Å². The molecule has 0 unspecified atom stereocenters. The van der Waals surface area contributed by atoms with Crippen molar-refractivity contribution in [3.8, 4) is 0 Å². The summed E-state index contributed by atoms with van der Waals surface area (Å²) >= 11 is 11.9. The van der Waals surface area contributed by atoms with E-state index in [-0.39, 0.29) is 41.0 Å². The summed E-state index contributed by atoms with van der Waals surface area (Å²) < 4.78 is 5.11. The Bertz CT molecular complexity index is 1160. The van der Waals surface area contributed by atoms with Gasteiger partial charge in [-0.05, 0) is 67.5 Å². The van der Waals surface area contributed by atoms with Gasteiger partial charge in [0.2, 0.25) is 11.8 Å². The number of benzene rings is 2. The molecule has 1 heterocycles. The smallest absolute Gasteiger partial charge is 0.338 e. The third-order valence-corrected chi connectivity index (χ3v) is 7.37. The van der Waals surface area contributed by atoms with E-state index in [4.69, 9.17) is 27.9 Å². The van der Waals surface area contributed by atoms with Gasteiger partial charge in [0.05, 0.1) is 33.8 Å². The molecule has 2 aromatic rings. The molecule has 1 saturated heterocycles. The number of imide groups is 1. The highest BCUT2D eigenvalue weighted by Crippen LogP contribution is 2.56. The van der Waals surface area contributed by atoms with E-state index in [9.17, 15) is 19.2 Å². The number of amides is 3. The van der Waals surface area contributed by atoms with E-state index >= 15 is 0 Å². The van der Waals surface area contributed by atoms with Crippen molar-refractivity contribution in [1.29, 1.82) is 0 Å². The number of ether oxygens (including phenoxy) is 1. The van der Waals surface area contributed by atoms with Gasteiger partial charge in [0.25, 0.3) is 5.91 Å². The van der Waals surface area contributed by atoms with E-state index in [1.807, 2.05) is 0 Å². The number of rotatable bonds is 5. The van der Waals surface area contributed by atoms with Crippen molar-refractivity contribution in [2.24, 2.45) is 23.7 Å². The van der Waals surface area contributed by atoms with Gasteiger partial charge < -0.3 is 10.1 Å². The molecule has 3 amide bonds. The van der Waals surface area contributed by atoms with Crippen LogP contribution in [0.1, 0.15) is 29.6 Å². The Balaban J connectivity index is 1.25. The molecule has 2 aromatic carbocycles. The van der Waals surface area contributed by atoms with E-state index in [1.165, 1.54) is 29.2 Å². The van der Waals surface area contributed by atoms with Crippen molar-refractivity contribution in [2.45, 2.75) is 19.3 Å². The van der Waals surface area contributed by atoms with E-state index in [2.05, 4.69) is 5.32 Å². The van der Waals surface area contributed by atoms with E-state index in [0.717, 1.165) is 19.3 Å². The summed E-state index contributed by atoms with van der Waals surface area (Å²) in [5.74, 6) is -1.62. The Morgan fingerprint density at radius 3 is 2.39 bits per heavy atom. The minimum atomic E-state index is -0.747. The molecule has 0 aromatic heterocycles. The second-order valence-corrected chi connectivity index (χ2v) is 9.54. The molecule has 2 bridgehead atoms. The molecule has 4 atom stereocenters. The number of halogens is 2. The molecule has 3 fully saturated rings. The van der Waals surface area contributed by atoms with Gasteiger partial charge in [-0.3, -0.25) is 19.3 Å². The van der Waals surface area contributed by atoms with Crippen molar-refractivity contribution in [1.82, 2.24) is 0 Å². The minimum Gasteiger partial charge on any atom is -0.452 e. The first kappa shape index (κ1) is 21.9. The summed E-state index contributed by atoms with van der Waals surface area (Å²) in [6.45, 7) is -0.541. The van der Waals surface area contributed by atoms with Crippen molar-refractivity contribution in [3.63, 3.8) is 0 Å². The quantitative estimate of drug-likeness (QED) is 0.501. The molecule has 7 nitrogen and oxygen atoms in total. The number of hydrogen-bond acceptors (Lipinski definition) is 5. The van der Waals surface area contributed by atoms with E-state index in [1.54, 1.807) is 18.2 Å². The standard InChI is InChI=1S/C24H20Cl2N2O5/c25-15-6-7-17(26)18(10-15)27-19(29)11-33-24(32)14-2-1-3-16(9-14)28-22(30)20-12-4-5-13(8-12)21(20)23(28)31/h1-3,6-7,9-10,12-13,20-21H,4-5,8,11H2,(H,27,29)/t12-,13-,20-,21+/m0/s1. The fraction of sp³-hybridized carbons (Fsp3) is 0.333. The van der Waals surface area contributed by atoms with Gasteiger partial charge in [-0.2, -0.15) is 0 Å². The summed E-state index contributed by atoms with van der Waals surface area (Å²) in [6.07, 6.45) is 2.94. The van der Waals surface area contributed by atoms with Crippen LogP contribution in [0.25, 0.3) is 0 Å². The summed E-state index contributed by atoms with van der Waals surface area (Å²) in [6, 6.07) is 10.8. The Morgan fingerprint density at radius 2 is 1.70 bits per heavy atom. The van der Waals surface area contributed by atoms with Gasteiger partial charge in [-0.25, -0.2) is 4.79 Å². The third kappa shape index (κ3) is 3.89. The number of nitrogens with one attached hydrogen (secondary N) is 1. The molecule has 0 radical (unpaired) electrons. The first-order valence-corrected chi connectivity index (χ1v) is 11.5. The summed E-state index contributed by atoms with van der Waals surface area (Å²) in [4.78, 5) is 52.0. The SMILES string of the molecule is O=C(COC(=O)c1cccc(N2C(=O)[C@@H]3[C@H]4CC[C@@H](C4)[C@@H]3C2=O)c1)Nc1cc(Cl)ccc1Cl. The second kappa shape index (κ2) is 8.47. The highest BCUT2D eigenvalue weighted by Gasteiger charge is 2.61. The molecule has 0 spiro atoms. The number of fused-ring (bicyclic) bond motifs is 5. The molecule has 3 aliphatic rings. The maximum Gasteiger partial charge on any atom is 0.338 e. The van der Waals surface area contributed by atoms with E-state index < -0.39 is 18.5 Å². The van der Waals surface area contributed by atoms with Crippen LogP contribution in [0.2, 0.25) is 10.0 Å². The predicted octanol–water partition coefficient (Wildman–Crippen LogP) is 4.32. The van der Waals surface area contributed by atoms with Crippen LogP contribution in [-0.2, 0) is 19.1 Å². The van der Waals surface area contributed by atoms with Crippen molar-refractivity contribution in [2.75, 3.05) is 16.8 Å². The highest BCUT2D eigenvalue weighted by atomic mass is 35.5. The molecule has 2 aliphatic carbocycles. The predicted molar refractivity (Wildman–Crippen MR) is 122 cm³/mol. The fourth-order valence-corrected chi connectivity index (χ4v) is 5.77. The first-order chi connectivity index (χ1) is 15.8. The van der Waals surface area contributed by atoms with Gasteiger partial charge in [0, 0.05) is 5.02 Å². The lowest BCUT2D eigenvalue weighted by Crippen LogP contribution is -2.32. The maximum absolute atomic E-state index is 13.0. The average molecular weight is 487 g/mol. The summed E-state index contributed by atoms with van der Waals surface area (Å²) in [5, 5.41) is 3.22. The molecular weight excluding hydrogens is 467 g/mol. The topological polar surface area (TPSA) is 92.8 Å². The number of esters is 1. The molecule has 9 heteroatoms. The highest BCUT2D eigenvalue weighted by molar-refractivity contribution is 6.35. The molecule has 1 N–H and O–H groups in total. The van der Waals surface area contributed by atoms with Crippen LogP contribution in [0, 0.1) is 23.7 Å².